The number of primary sulfonamides is 1. The maximum Gasteiger partial charge on any atom is 0.405 e. The minimum atomic E-state index is -4.49. The van der Waals surface area contributed by atoms with Crippen molar-refractivity contribution in [1.82, 2.24) is 15.0 Å². The molecule has 2 aromatic heterocycles. The Morgan fingerprint density at radius 3 is 2.32 bits per heavy atom. The molecule has 0 aliphatic rings. The van der Waals surface area contributed by atoms with E-state index >= 15 is 0 Å². The van der Waals surface area contributed by atoms with E-state index in [4.69, 9.17) is 5.14 Å². The van der Waals surface area contributed by atoms with Crippen LogP contribution in [0.15, 0.2) is 59.5 Å². The third-order valence-corrected chi connectivity index (χ3v) is 6.37. The van der Waals surface area contributed by atoms with Gasteiger partial charge in [0.1, 0.15) is 17.9 Å². The zero-order valence-corrected chi connectivity index (χ0v) is 20.3. The summed E-state index contributed by atoms with van der Waals surface area (Å²) in [4.78, 5) is 13.0. The highest BCUT2D eigenvalue weighted by molar-refractivity contribution is 7.89. The smallest absolute Gasteiger partial charge is 0.359 e. The van der Waals surface area contributed by atoms with Gasteiger partial charge < -0.3 is 10.6 Å². The summed E-state index contributed by atoms with van der Waals surface area (Å²) in [6, 6.07) is 13.3. The number of fused-ring (bicyclic) bond motifs is 1. The Kier molecular flexibility index (Phi) is 7.28. The molecule has 0 saturated carbocycles. The van der Waals surface area contributed by atoms with Crippen molar-refractivity contribution in [2.75, 3.05) is 23.7 Å². The van der Waals surface area contributed by atoms with E-state index in [0.717, 1.165) is 11.1 Å². The fourth-order valence-electron chi connectivity index (χ4n) is 3.62. The van der Waals surface area contributed by atoms with E-state index in [2.05, 4.69) is 25.6 Å². The first kappa shape index (κ1) is 26.2. The van der Waals surface area contributed by atoms with Crippen molar-refractivity contribution in [3.63, 3.8) is 0 Å². The average molecular weight is 535 g/mol. The van der Waals surface area contributed by atoms with Gasteiger partial charge in [-0.05, 0) is 73.0 Å². The van der Waals surface area contributed by atoms with Crippen molar-refractivity contribution < 1.29 is 26.0 Å². The first-order valence-electron chi connectivity index (χ1n) is 11.0. The normalized spacial score (nSPS) is 12.1. The number of benzene rings is 2. The number of aryl methyl sites for hydroxylation is 1. The molecule has 4 aromatic rings. The minimum Gasteiger partial charge on any atom is -0.359 e. The molecule has 0 aliphatic carbocycles. The van der Waals surface area contributed by atoms with E-state index in [-0.39, 0.29) is 22.2 Å². The van der Waals surface area contributed by atoms with Crippen LogP contribution < -0.4 is 15.8 Å². The van der Waals surface area contributed by atoms with E-state index in [9.17, 15) is 26.0 Å². The molecule has 37 heavy (non-hydrogen) atoms. The van der Waals surface area contributed by atoms with Crippen molar-refractivity contribution in [2.24, 2.45) is 5.14 Å². The van der Waals surface area contributed by atoms with Crippen LogP contribution in [-0.2, 0) is 16.4 Å². The number of anilines is 2. The lowest BCUT2D eigenvalue weighted by Gasteiger charge is -2.14. The summed E-state index contributed by atoms with van der Waals surface area (Å²) in [7, 11) is -3.82. The Labute approximate surface area is 210 Å². The van der Waals surface area contributed by atoms with Gasteiger partial charge in [0, 0.05) is 12.1 Å². The topological polar surface area (TPSA) is 123 Å². The van der Waals surface area contributed by atoms with Crippen LogP contribution in [0.5, 0.6) is 0 Å². The van der Waals surface area contributed by atoms with Crippen LogP contribution in [0, 0.1) is 12.7 Å². The average Bonchev–Trinajstić information content (AvgIpc) is 2.82. The summed E-state index contributed by atoms with van der Waals surface area (Å²) < 4.78 is 75.1. The first-order chi connectivity index (χ1) is 17.4. The van der Waals surface area contributed by atoms with Gasteiger partial charge in [-0.2, -0.15) is 18.2 Å². The molecule has 13 heteroatoms. The van der Waals surface area contributed by atoms with Crippen LogP contribution in [0.25, 0.3) is 22.3 Å². The van der Waals surface area contributed by atoms with Gasteiger partial charge in [0.2, 0.25) is 16.0 Å². The van der Waals surface area contributed by atoms with Gasteiger partial charge >= 0.3 is 6.18 Å². The quantitative estimate of drug-likeness (QED) is 0.286. The monoisotopic (exact) mass is 534 g/mol. The van der Waals surface area contributed by atoms with E-state index in [0.29, 0.717) is 29.7 Å². The molecule has 0 radical (unpaired) electrons. The fourth-order valence-corrected chi connectivity index (χ4v) is 4.22. The van der Waals surface area contributed by atoms with E-state index in [1.54, 1.807) is 25.1 Å². The lowest BCUT2D eigenvalue weighted by molar-refractivity contribution is -0.115. The largest absolute Gasteiger partial charge is 0.405 e. The van der Waals surface area contributed by atoms with Gasteiger partial charge in [0.15, 0.2) is 5.82 Å². The summed E-state index contributed by atoms with van der Waals surface area (Å²) in [6.07, 6.45) is -4.02. The van der Waals surface area contributed by atoms with Crippen molar-refractivity contribution in [3.8, 4) is 11.3 Å². The van der Waals surface area contributed by atoms with Crippen LogP contribution in [-0.4, -0.2) is 42.6 Å². The second-order valence-corrected chi connectivity index (χ2v) is 9.81. The van der Waals surface area contributed by atoms with Crippen LogP contribution in [0.1, 0.15) is 11.1 Å². The summed E-state index contributed by atoms with van der Waals surface area (Å²) in [5, 5.41) is 10.4. The standard InChI is InChI=1S/C24H22F4N6O2S/c1-14-12-18(37(29,35)36)7-4-15(14)10-11-30-23-33-20-9-8-19(16-2-5-17(25)6-3-16)32-21(20)22(34-23)31-13-24(26,27)28/h2-9,12H,10-11,13H2,1H3,(H2,29,35,36)(H2,30,31,33,34). The molecule has 0 atom stereocenters. The number of alkyl halides is 3. The first-order valence-corrected chi connectivity index (χ1v) is 12.6. The van der Waals surface area contributed by atoms with Crippen molar-refractivity contribution >= 4 is 32.8 Å². The predicted molar refractivity (Wildman–Crippen MR) is 132 cm³/mol. The molecule has 0 bridgehead atoms. The maximum atomic E-state index is 13.3. The molecule has 0 fully saturated rings. The number of nitrogens with zero attached hydrogens (tertiary/aromatic N) is 3. The molecule has 4 rings (SSSR count). The molecule has 0 spiro atoms. The number of hydrogen-bond acceptors (Lipinski definition) is 7. The van der Waals surface area contributed by atoms with E-state index in [1.807, 2.05) is 0 Å². The van der Waals surface area contributed by atoms with Crippen molar-refractivity contribution in [2.45, 2.75) is 24.4 Å². The number of aromatic nitrogens is 3. The molecular formula is C24H22F4N6O2S. The van der Waals surface area contributed by atoms with E-state index < -0.39 is 28.6 Å². The molecule has 0 amide bonds. The second-order valence-electron chi connectivity index (χ2n) is 8.25. The highest BCUT2D eigenvalue weighted by Gasteiger charge is 2.27. The van der Waals surface area contributed by atoms with Gasteiger partial charge in [-0.3, -0.25) is 0 Å². The molecule has 194 valence electrons. The van der Waals surface area contributed by atoms with Crippen molar-refractivity contribution in [3.05, 3.63) is 71.5 Å². The minimum absolute atomic E-state index is 0.00691. The molecule has 0 aliphatic heterocycles. The molecule has 8 nitrogen and oxygen atoms in total. The van der Waals surface area contributed by atoms with Crippen LogP contribution in [0.2, 0.25) is 0 Å². The van der Waals surface area contributed by atoms with Gasteiger partial charge in [0.25, 0.3) is 0 Å². The van der Waals surface area contributed by atoms with Crippen LogP contribution in [0.4, 0.5) is 29.3 Å². The number of halogens is 4. The third-order valence-electron chi connectivity index (χ3n) is 5.46. The molecule has 2 aromatic carbocycles. The lowest BCUT2D eigenvalue weighted by atomic mass is 10.1. The number of nitrogens with two attached hydrogens (primary N) is 1. The summed E-state index contributed by atoms with van der Waals surface area (Å²) in [5.74, 6) is -0.443. The van der Waals surface area contributed by atoms with Gasteiger partial charge in [-0.1, -0.05) is 6.07 Å². The predicted octanol–water partition coefficient (Wildman–Crippen LogP) is 4.42. The molecule has 0 saturated heterocycles. The molecule has 0 unspecified atom stereocenters. The summed E-state index contributed by atoms with van der Waals surface area (Å²) in [5.41, 5.74) is 3.01. The highest BCUT2D eigenvalue weighted by atomic mass is 32.2. The third kappa shape index (κ3) is 6.68. The Morgan fingerprint density at radius 1 is 0.946 bits per heavy atom. The Bertz CT molecular complexity index is 1540. The number of nitrogens with one attached hydrogen (secondary N) is 2. The number of rotatable bonds is 8. The van der Waals surface area contributed by atoms with E-state index in [1.165, 1.54) is 36.4 Å². The number of pyridine rings is 1. The van der Waals surface area contributed by atoms with Gasteiger partial charge in [-0.25, -0.2) is 27.9 Å². The fraction of sp³-hybridized carbons (Fsp3) is 0.208. The van der Waals surface area contributed by atoms with Crippen LogP contribution >= 0.6 is 0 Å². The molecular weight excluding hydrogens is 512 g/mol. The number of hydrogen-bond donors (Lipinski definition) is 3. The summed E-state index contributed by atoms with van der Waals surface area (Å²) >= 11 is 0. The Morgan fingerprint density at radius 2 is 1.68 bits per heavy atom. The zero-order chi connectivity index (χ0) is 26.8. The van der Waals surface area contributed by atoms with Gasteiger partial charge in [-0.15, -0.1) is 0 Å². The molecule has 2 heterocycles. The number of sulfonamides is 1. The maximum absolute atomic E-state index is 13.3. The van der Waals surface area contributed by atoms with Crippen LogP contribution in [0.3, 0.4) is 0 Å². The summed E-state index contributed by atoms with van der Waals surface area (Å²) in [6.45, 7) is 0.748. The Hall–Kier alpha value is -3.84. The lowest BCUT2D eigenvalue weighted by Crippen LogP contribution is -2.22. The zero-order valence-electron chi connectivity index (χ0n) is 19.5. The second kappa shape index (κ2) is 10.3. The molecule has 4 N–H and O–H groups in total. The Balaban J connectivity index is 1.59. The highest BCUT2D eigenvalue weighted by Crippen LogP contribution is 2.26. The van der Waals surface area contributed by atoms with Crippen molar-refractivity contribution in [1.29, 1.82) is 0 Å². The SMILES string of the molecule is Cc1cc(S(N)(=O)=O)ccc1CCNc1nc(NCC(F)(F)F)c2nc(-c3ccc(F)cc3)ccc2n1. The van der Waals surface area contributed by atoms with Gasteiger partial charge in [0.05, 0.1) is 16.1 Å².